The van der Waals surface area contributed by atoms with Gasteiger partial charge in [-0.05, 0) is 33.6 Å². The molecule has 0 aliphatic heterocycles. The predicted octanol–water partition coefficient (Wildman–Crippen LogP) is 5.83. The highest BCUT2D eigenvalue weighted by Crippen LogP contribution is 2.43. The lowest BCUT2D eigenvalue weighted by Crippen LogP contribution is -2.14. The molecule has 10 heteroatoms. The third-order valence-electron chi connectivity index (χ3n) is 3.81. The number of nitrogen functional groups attached to an aromatic ring is 1. The first kappa shape index (κ1) is 21.2. The van der Waals surface area contributed by atoms with E-state index in [1.54, 1.807) is 12.1 Å². The van der Waals surface area contributed by atoms with Crippen molar-refractivity contribution in [1.82, 2.24) is 4.98 Å². The topological polar surface area (TPSA) is 97.5 Å². The van der Waals surface area contributed by atoms with Crippen LogP contribution < -0.4 is 15.8 Å². The molecule has 0 saturated heterocycles. The molecule has 0 fully saturated rings. The highest BCUT2D eigenvalue weighted by atomic mass is 79.9. The van der Waals surface area contributed by atoms with E-state index in [0.29, 0.717) is 15.7 Å². The van der Waals surface area contributed by atoms with Gasteiger partial charge < -0.3 is 20.9 Å². The lowest BCUT2D eigenvalue weighted by molar-refractivity contribution is -0.134. The molecule has 29 heavy (non-hydrogen) atoms. The quantitative estimate of drug-likeness (QED) is 0.291. The summed E-state index contributed by atoms with van der Waals surface area (Å²) in [6, 6.07) is 12.6. The van der Waals surface area contributed by atoms with Crippen molar-refractivity contribution < 1.29 is 19.0 Å². The molecule has 0 bridgehead atoms. The Morgan fingerprint density at radius 3 is 2.59 bits per heavy atom. The number of pyridine rings is 1. The number of carboxylic acids is 1. The first-order chi connectivity index (χ1) is 13.8. The fraction of sp³-hybridized carbons (Fsp3) is 0.0526. The summed E-state index contributed by atoms with van der Waals surface area (Å²) >= 11 is 15.6. The van der Waals surface area contributed by atoms with Gasteiger partial charge in [0, 0.05) is 10.0 Å². The molecule has 3 aromatic rings. The number of nitrogens with two attached hydrogens (primary N) is 1. The minimum atomic E-state index is -1.17. The summed E-state index contributed by atoms with van der Waals surface area (Å²) in [5.74, 6) is -2.36. The van der Waals surface area contributed by atoms with Crippen molar-refractivity contribution in [1.29, 1.82) is 0 Å². The molecule has 0 amide bonds. The molecule has 0 saturated carbocycles. The normalized spacial score (nSPS) is 10.6. The van der Waals surface area contributed by atoms with Crippen molar-refractivity contribution in [2.75, 3.05) is 17.6 Å². The second-order valence-corrected chi connectivity index (χ2v) is 7.40. The first-order valence-corrected chi connectivity index (χ1v) is 9.65. The summed E-state index contributed by atoms with van der Waals surface area (Å²) in [7, 11) is 0. The molecule has 3 rings (SSSR count). The van der Waals surface area contributed by atoms with Gasteiger partial charge in [-0.15, -0.1) is 0 Å². The predicted molar refractivity (Wildman–Crippen MR) is 114 cm³/mol. The molecule has 0 atom stereocenters. The lowest BCUT2D eigenvalue weighted by Gasteiger charge is -2.15. The zero-order chi connectivity index (χ0) is 21.1. The Bertz CT molecular complexity index is 1080. The molecule has 6 nitrogen and oxygen atoms in total. The molecule has 1 aromatic heterocycles. The second-order valence-electron chi connectivity index (χ2n) is 5.79. The zero-order valence-electron chi connectivity index (χ0n) is 14.5. The van der Waals surface area contributed by atoms with Crippen LogP contribution in [0.3, 0.4) is 0 Å². The van der Waals surface area contributed by atoms with Crippen LogP contribution in [0.1, 0.15) is 0 Å². The number of aliphatic carboxylic acids is 1. The van der Waals surface area contributed by atoms with Gasteiger partial charge in [0.1, 0.15) is 22.3 Å². The number of benzene rings is 2. The van der Waals surface area contributed by atoms with E-state index in [0.717, 1.165) is 5.56 Å². The fourth-order valence-electron chi connectivity index (χ4n) is 2.49. The standard InChI is InChI=1S/C19H13BrCl2FN3O3/c20-12-7-10(6-11(16(12)24)9-4-2-1-3-5-9)29-17-14(21)18(23)26-19(15(17)22)25-8-13(27)28/h1-7H,8,24H2,(H,25,26)(H,27,28). The number of nitrogens with one attached hydrogen (secondary N) is 1. The van der Waals surface area contributed by atoms with Gasteiger partial charge in [-0.1, -0.05) is 53.5 Å². The SMILES string of the molecule is Nc1c(Br)cc(Oc2c(Cl)c(F)nc(NCC(=O)O)c2Cl)cc1-c1ccccc1. The second kappa shape index (κ2) is 8.86. The summed E-state index contributed by atoms with van der Waals surface area (Å²) in [6.07, 6.45) is 0. The summed E-state index contributed by atoms with van der Waals surface area (Å²) in [6.45, 7) is -0.515. The van der Waals surface area contributed by atoms with Crippen molar-refractivity contribution in [2.24, 2.45) is 0 Å². The van der Waals surface area contributed by atoms with Crippen molar-refractivity contribution in [3.63, 3.8) is 0 Å². The highest BCUT2D eigenvalue weighted by Gasteiger charge is 2.21. The van der Waals surface area contributed by atoms with E-state index in [2.05, 4.69) is 26.2 Å². The molecular formula is C19H13BrCl2FN3O3. The van der Waals surface area contributed by atoms with E-state index in [1.165, 1.54) is 0 Å². The van der Waals surface area contributed by atoms with Crippen molar-refractivity contribution >= 4 is 56.6 Å². The maximum atomic E-state index is 14.1. The van der Waals surface area contributed by atoms with Crippen LogP contribution in [-0.4, -0.2) is 22.6 Å². The number of carboxylic acid groups (broad SMARTS) is 1. The maximum absolute atomic E-state index is 14.1. The van der Waals surface area contributed by atoms with E-state index in [1.807, 2.05) is 30.3 Å². The number of anilines is 2. The molecule has 0 aliphatic carbocycles. The molecule has 4 N–H and O–H groups in total. The highest BCUT2D eigenvalue weighted by molar-refractivity contribution is 9.10. The van der Waals surface area contributed by atoms with Crippen LogP contribution >= 0.6 is 39.1 Å². The number of halogens is 4. The smallest absolute Gasteiger partial charge is 0.322 e. The van der Waals surface area contributed by atoms with E-state index in [9.17, 15) is 9.18 Å². The molecule has 150 valence electrons. The molecule has 0 aliphatic rings. The number of aromatic nitrogens is 1. The Hall–Kier alpha value is -2.55. The number of nitrogens with zero attached hydrogens (tertiary/aromatic N) is 1. The molecular weight excluding hydrogens is 488 g/mol. The van der Waals surface area contributed by atoms with E-state index in [-0.39, 0.29) is 22.3 Å². The Labute approximate surface area is 183 Å². The average Bonchev–Trinajstić information content (AvgIpc) is 2.70. The van der Waals surface area contributed by atoms with E-state index in [4.69, 9.17) is 38.8 Å². The minimum Gasteiger partial charge on any atom is -0.480 e. The Kier molecular flexibility index (Phi) is 6.46. The fourth-order valence-corrected chi connectivity index (χ4v) is 3.39. The van der Waals surface area contributed by atoms with Crippen LogP contribution in [0.25, 0.3) is 11.1 Å². The third-order valence-corrected chi connectivity index (χ3v) is 5.15. The van der Waals surface area contributed by atoms with Gasteiger partial charge >= 0.3 is 5.97 Å². The van der Waals surface area contributed by atoms with Gasteiger partial charge in [-0.3, -0.25) is 4.79 Å². The average molecular weight is 501 g/mol. The van der Waals surface area contributed by atoms with Crippen LogP contribution in [0.5, 0.6) is 11.5 Å². The molecule has 0 spiro atoms. The minimum absolute atomic E-state index is 0.160. The summed E-state index contributed by atoms with van der Waals surface area (Å²) in [4.78, 5) is 14.3. The molecule has 0 radical (unpaired) electrons. The van der Waals surface area contributed by atoms with Crippen LogP contribution in [0.4, 0.5) is 15.9 Å². The third kappa shape index (κ3) is 4.72. The summed E-state index contributed by atoms with van der Waals surface area (Å²) < 4.78 is 20.4. The van der Waals surface area contributed by atoms with E-state index < -0.39 is 23.5 Å². The Balaban J connectivity index is 2.04. The number of hydrogen-bond acceptors (Lipinski definition) is 5. The van der Waals surface area contributed by atoms with Gasteiger partial charge in [0.15, 0.2) is 11.6 Å². The van der Waals surface area contributed by atoms with Gasteiger partial charge in [0.2, 0.25) is 5.95 Å². The number of rotatable bonds is 6. The maximum Gasteiger partial charge on any atom is 0.322 e. The van der Waals surface area contributed by atoms with Crippen molar-refractivity contribution in [3.8, 4) is 22.6 Å². The molecule has 0 unspecified atom stereocenters. The van der Waals surface area contributed by atoms with E-state index >= 15 is 0 Å². The van der Waals surface area contributed by atoms with Gasteiger partial charge in [0.05, 0.1) is 5.69 Å². The largest absolute Gasteiger partial charge is 0.480 e. The van der Waals surface area contributed by atoms with Gasteiger partial charge in [-0.2, -0.15) is 9.37 Å². The summed E-state index contributed by atoms with van der Waals surface area (Å²) in [5, 5.41) is 10.6. The molecule has 1 heterocycles. The van der Waals surface area contributed by atoms with Crippen LogP contribution in [-0.2, 0) is 4.79 Å². The lowest BCUT2D eigenvalue weighted by atomic mass is 10.0. The van der Waals surface area contributed by atoms with Crippen LogP contribution in [0.15, 0.2) is 46.9 Å². The van der Waals surface area contributed by atoms with Gasteiger partial charge in [-0.25, -0.2) is 0 Å². The number of hydrogen-bond donors (Lipinski definition) is 3. The number of ether oxygens (including phenoxy) is 1. The Morgan fingerprint density at radius 1 is 1.24 bits per heavy atom. The van der Waals surface area contributed by atoms with Crippen molar-refractivity contribution in [2.45, 2.75) is 0 Å². The zero-order valence-corrected chi connectivity index (χ0v) is 17.6. The summed E-state index contributed by atoms with van der Waals surface area (Å²) in [5.41, 5.74) is 8.18. The first-order valence-electron chi connectivity index (χ1n) is 8.10. The molecule has 2 aromatic carbocycles. The Morgan fingerprint density at radius 2 is 1.93 bits per heavy atom. The number of carbonyl (C=O) groups is 1. The van der Waals surface area contributed by atoms with Gasteiger partial charge in [0.25, 0.3) is 0 Å². The van der Waals surface area contributed by atoms with Crippen molar-refractivity contribution in [3.05, 3.63) is 62.9 Å². The van der Waals surface area contributed by atoms with Crippen LogP contribution in [0, 0.1) is 5.95 Å². The monoisotopic (exact) mass is 499 g/mol. The van der Waals surface area contributed by atoms with Crippen LogP contribution in [0.2, 0.25) is 10.0 Å².